The molecule has 0 aromatic heterocycles. The van der Waals surface area contributed by atoms with Crippen LogP contribution in [0.1, 0.15) is 24.0 Å². The van der Waals surface area contributed by atoms with E-state index in [2.05, 4.69) is 10.6 Å². The highest BCUT2D eigenvalue weighted by Crippen LogP contribution is 2.47. The molecule has 2 N–H and O–H groups in total. The van der Waals surface area contributed by atoms with Gasteiger partial charge in [-0.05, 0) is 67.6 Å². The highest BCUT2D eigenvalue weighted by Gasteiger charge is 2.56. The lowest BCUT2D eigenvalue weighted by Gasteiger charge is -2.16. The molecule has 1 aliphatic rings. The van der Waals surface area contributed by atoms with E-state index in [1.54, 1.807) is 18.2 Å². The number of hydrogen-bond donors (Lipinski definition) is 2. The van der Waals surface area contributed by atoms with E-state index in [0.717, 1.165) is 11.1 Å². The van der Waals surface area contributed by atoms with Gasteiger partial charge in [-0.25, -0.2) is 0 Å². The fraction of sp³-hybridized carbons (Fsp3) is 0.300. The second-order valence-electron chi connectivity index (χ2n) is 6.63. The topological polar surface area (TPSA) is 58.2 Å². The first-order valence-corrected chi connectivity index (χ1v) is 9.27. The first-order valence-electron chi connectivity index (χ1n) is 8.51. The lowest BCUT2D eigenvalue weighted by atomic mass is 10.0. The predicted molar refractivity (Wildman–Crippen MR) is 105 cm³/mol. The molecule has 2 amide bonds. The summed E-state index contributed by atoms with van der Waals surface area (Å²) in [5.74, 6) is -0.480. The molecular formula is C20H20Cl2N2O2. The first-order chi connectivity index (χ1) is 12.4. The van der Waals surface area contributed by atoms with Crippen molar-refractivity contribution in [3.8, 4) is 0 Å². The minimum atomic E-state index is -0.958. The third-order valence-corrected chi connectivity index (χ3v) is 5.11. The predicted octanol–water partition coefficient (Wildman–Crippen LogP) is 4.38. The fourth-order valence-electron chi connectivity index (χ4n) is 2.87. The van der Waals surface area contributed by atoms with Crippen molar-refractivity contribution < 1.29 is 9.59 Å². The molecule has 1 saturated carbocycles. The maximum atomic E-state index is 12.6. The molecule has 2 aromatic carbocycles. The molecule has 1 aliphatic carbocycles. The van der Waals surface area contributed by atoms with Gasteiger partial charge in [0.15, 0.2) is 0 Å². The Morgan fingerprint density at radius 3 is 2.42 bits per heavy atom. The van der Waals surface area contributed by atoms with Crippen LogP contribution in [-0.4, -0.2) is 18.4 Å². The molecule has 2 aromatic rings. The van der Waals surface area contributed by atoms with Gasteiger partial charge in [-0.2, -0.15) is 0 Å². The van der Waals surface area contributed by atoms with Crippen LogP contribution in [0.2, 0.25) is 10.0 Å². The van der Waals surface area contributed by atoms with E-state index in [1.807, 2.05) is 31.2 Å². The number of aryl methyl sites for hydroxylation is 1. The van der Waals surface area contributed by atoms with Crippen molar-refractivity contribution >= 4 is 40.7 Å². The zero-order valence-corrected chi connectivity index (χ0v) is 16.0. The van der Waals surface area contributed by atoms with Crippen molar-refractivity contribution in [1.82, 2.24) is 5.32 Å². The summed E-state index contributed by atoms with van der Waals surface area (Å²) in [6.07, 6.45) is 1.79. The summed E-state index contributed by atoms with van der Waals surface area (Å²) in [5, 5.41) is 7.02. The molecular weight excluding hydrogens is 371 g/mol. The quantitative estimate of drug-likeness (QED) is 0.718. The normalized spacial score (nSPS) is 14.6. The third kappa shape index (κ3) is 4.19. The average molecular weight is 391 g/mol. The molecule has 0 spiro atoms. The van der Waals surface area contributed by atoms with Gasteiger partial charge in [-0.1, -0.05) is 35.3 Å². The Balaban J connectivity index is 1.57. The fourth-order valence-corrected chi connectivity index (χ4v) is 3.31. The first kappa shape index (κ1) is 18.7. The summed E-state index contributed by atoms with van der Waals surface area (Å²) in [5.41, 5.74) is 1.63. The van der Waals surface area contributed by atoms with Crippen LogP contribution >= 0.6 is 23.2 Å². The van der Waals surface area contributed by atoms with E-state index in [4.69, 9.17) is 23.2 Å². The molecule has 3 rings (SSSR count). The Hall–Kier alpha value is -2.04. The molecule has 0 unspecified atom stereocenters. The summed E-state index contributed by atoms with van der Waals surface area (Å²) in [4.78, 5) is 25.2. The Kier molecular flexibility index (Phi) is 5.54. The van der Waals surface area contributed by atoms with E-state index < -0.39 is 5.41 Å². The van der Waals surface area contributed by atoms with Crippen LogP contribution in [0.4, 0.5) is 5.69 Å². The van der Waals surface area contributed by atoms with E-state index in [1.165, 1.54) is 0 Å². The van der Waals surface area contributed by atoms with E-state index in [-0.39, 0.29) is 11.8 Å². The van der Waals surface area contributed by atoms with Crippen LogP contribution in [-0.2, 0) is 16.0 Å². The number of benzene rings is 2. The van der Waals surface area contributed by atoms with Gasteiger partial charge in [0.2, 0.25) is 11.8 Å². The van der Waals surface area contributed by atoms with Gasteiger partial charge in [0.25, 0.3) is 0 Å². The van der Waals surface area contributed by atoms with E-state index in [0.29, 0.717) is 41.5 Å². The lowest BCUT2D eigenvalue weighted by molar-refractivity contribution is -0.134. The molecule has 4 nitrogen and oxygen atoms in total. The smallest absolute Gasteiger partial charge is 0.240 e. The van der Waals surface area contributed by atoms with Gasteiger partial charge in [-0.3, -0.25) is 9.59 Å². The molecule has 6 heteroatoms. The van der Waals surface area contributed by atoms with Crippen LogP contribution in [0.15, 0.2) is 42.5 Å². The largest absolute Gasteiger partial charge is 0.355 e. The second kappa shape index (κ2) is 7.68. The van der Waals surface area contributed by atoms with Crippen LogP contribution < -0.4 is 10.6 Å². The minimum absolute atomic E-state index is 0.219. The highest BCUT2D eigenvalue weighted by atomic mass is 35.5. The molecule has 26 heavy (non-hydrogen) atoms. The highest BCUT2D eigenvalue weighted by molar-refractivity contribution is 6.31. The van der Waals surface area contributed by atoms with Crippen LogP contribution in [0.25, 0.3) is 0 Å². The van der Waals surface area contributed by atoms with E-state index >= 15 is 0 Å². The molecule has 0 atom stereocenters. The van der Waals surface area contributed by atoms with Gasteiger partial charge in [-0.15, -0.1) is 0 Å². The number of halogens is 2. The third-order valence-electron chi connectivity index (χ3n) is 4.64. The monoisotopic (exact) mass is 390 g/mol. The van der Waals surface area contributed by atoms with Crippen LogP contribution in [0.3, 0.4) is 0 Å². The molecule has 1 fully saturated rings. The van der Waals surface area contributed by atoms with E-state index in [9.17, 15) is 9.59 Å². The van der Waals surface area contributed by atoms with Crippen molar-refractivity contribution in [3.63, 3.8) is 0 Å². The van der Waals surface area contributed by atoms with Crippen molar-refractivity contribution in [2.24, 2.45) is 5.41 Å². The summed E-state index contributed by atoms with van der Waals surface area (Å²) in [6, 6.07) is 12.8. The zero-order chi connectivity index (χ0) is 18.7. The molecule has 0 radical (unpaired) electrons. The molecule has 0 heterocycles. The standard InChI is InChI=1S/C20H20Cl2N2O2/c1-13-11-16(22)5-6-17(13)24-19(26)20(8-9-20)18(25)23-10-7-14-3-2-4-15(21)12-14/h2-6,11-12H,7-10H2,1H3,(H,23,25)(H,24,26). The Morgan fingerprint density at radius 1 is 1.04 bits per heavy atom. The van der Waals surface area contributed by atoms with Gasteiger partial charge in [0.1, 0.15) is 5.41 Å². The summed E-state index contributed by atoms with van der Waals surface area (Å²) in [7, 11) is 0. The second-order valence-corrected chi connectivity index (χ2v) is 7.50. The van der Waals surface area contributed by atoms with Crippen LogP contribution in [0.5, 0.6) is 0 Å². The average Bonchev–Trinajstić information content (AvgIpc) is 3.39. The van der Waals surface area contributed by atoms with Gasteiger partial charge < -0.3 is 10.6 Å². The molecule has 0 bridgehead atoms. The molecule has 136 valence electrons. The number of rotatable bonds is 6. The van der Waals surface area contributed by atoms with Crippen molar-refractivity contribution in [2.75, 3.05) is 11.9 Å². The number of hydrogen-bond acceptors (Lipinski definition) is 2. The number of carbonyl (C=O) groups is 2. The maximum Gasteiger partial charge on any atom is 0.240 e. The van der Waals surface area contributed by atoms with Gasteiger partial charge >= 0.3 is 0 Å². The number of nitrogens with one attached hydrogen (secondary N) is 2. The van der Waals surface area contributed by atoms with Crippen molar-refractivity contribution in [1.29, 1.82) is 0 Å². The minimum Gasteiger partial charge on any atom is -0.355 e. The number of carbonyl (C=O) groups excluding carboxylic acids is 2. The van der Waals surface area contributed by atoms with Gasteiger partial charge in [0.05, 0.1) is 0 Å². The van der Waals surface area contributed by atoms with Gasteiger partial charge in [0, 0.05) is 22.3 Å². The molecule has 0 aliphatic heterocycles. The number of anilines is 1. The SMILES string of the molecule is Cc1cc(Cl)ccc1NC(=O)C1(C(=O)NCCc2cccc(Cl)c2)CC1. The Morgan fingerprint density at radius 2 is 1.77 bits per heavy atom. The summed E-state index contributed by atoms with van der Waals surface area (Å²) >= 11 is 11.9. The molecule has 0 saturated heterocycles. The maximum absolute atomic E-state index is 12.6. The van der Waals surface area contributed by atoms with Crippen molar-refractivity contribution in [3.05, 3.63) is 63.6 Å². The lowest BCUT2D eigenvalue weighted by Crippen LogP contribution is -2.40. The number of amides is 2. The Bertz CT molecular complexity index is 847. The van der Waals surface area contributed by atoms with Crippen molar-refractivity contribution in [2.45, 2.75) is 26.2 Å². The summed E-state index contributed by atoms with van der Waals surface area (Å²) in [6.45, 7) is 2.33. The summed E-state index contributed by atoms with van der Waals surface area (Å²) < 4.78 is 0. The zero-order valence-electron chi connectivity index (χ0n) is 14.4. The van der Waals surface area contributed by atoms with Crippen LogP contribution in [0, 0.1) is 12.3 Å². The Labute approximate surface area is 162 Å².